The molecule has 4 aliphatic rings. The maximum atomic E-state index is 12.4. The number of hydrogen-bond acceptors (Lipinski definition) is 2. The predicted molar refractivity (Wildman–Crippen MR) is 82.7 cm³/mol. The van der Waals surface area contributed by atoms with Crippen molar-refractivity contribution in [3.8, 4) is 0 Å². The highest BCUT2D eigenvalue weighted by atomic mass is 16.3. The number of aliphatic hydroxyl groups excluding tert-OH is 1. The molecule has 0 saturated heterocycles. The van der Waals surface area contributed by atoms with Gasteiger partial charge in [-0.3, -0.25) is 4.79 Å². The van der Waals surface area contributed by atoms with Crippen LogP contribution in [0.25, 0.3) is 0 Å². The van der Waals surface area contributed by atoms with E-state index in [2.05, 4.69) is 13.8 Å². The molecule has 2 nitrogen and oxygen atoms in total. The number of rotatable bonds is 0. The fraction of sp³-hybridized carbons (Fsp3) is 0.947. The topological polar surface area (TPSA) is 37.3 Å². The van der Waals surface area contributed by atoms with Gasteiger partial charge < -0.3 is 5.11 Å². The van der Waals surface area contributed by atoms with E-state index in [1.54, 1.807) is 0 Å². The van der Waals surface area contributed by atoms with Crippen LogP contribution in [0.5, 0.6) is 0 Å². The molecule has 0 radical (unpaired) electrons. The molecule has 0 spiro atoms. The van der Waals surface area contributed by atoms with Gasteiger partial charge in [-0.2, -0.15) is 0 Å². The molecular weight excluding hydrogens is 260 g/mol. The Hall–Kier alpha value is -0.370. The van der Waals surface area contributed by atoms with Crippen LogP contribution in [0.15, 0.2) is 0 Å². The Morgan fingerprint density at radius 2 is 1.81 bits per heavy atom. The summed E-state index contributed by atoms with van der Waals surface area (Å²) in [6, 6.07) is 0. The van der Waals surface area contributed by atoms with Gasteiger partial charge in [0, 0.05) is 11.8 Å². The Bertz CT molecular complexity index is 458. The molecule has 0 heterocycles. The van der Waals surface area contributed by atoms with Crippen LogP contribution in [0, 0.1) is 34.5 Å². The molecule has 0 bridgehead atoms. The molecule has 0 unspecified atom stereocenters. The number of aliphatic hydroxyl groups is 1. The van der Waals surface area contributed by atoms with E-state index >= 15 is 0 Å². The molecule has 4 fully saturated rings. The monoisotopic (exact) mass is 290 g/mol. The molecule has 4 rings (SSSR count). The summed E-state index contributed by atoms with van der Waals surface area (Å²) in [7, 11) is 0. The average molecular weight is 290 g/mol. The fourth-order valence-electron chi connectivity index (χ4n) is 7.01. The Kier molecular flexibility index (Phi) is 3.10. The van der Waals surface area contributed by atoms with Crippen molar-refractivity contribution in [2.75, 3.05) is 0 Å². The second-order valence-corrected chi connectivity index (χ2v) is 9.00. The van der Waals surface area contributed by atoms with E-state index in [1.807, 2.05) is 0 Å². The van der Waals surface area contributed by atoms with Crippen LogP contribution in [-0.2, 0) is 4.79 Å². The fourth-order valence-corrected chi connectivity index (χ4v) is 7.01. The highest BCUT2D eigenvalue weighted by Crippen LogP contribution is 2.65. The highest BCUT2D eigenvalue weighted by molar-refractivity contribution is 5.87. The van der Waals surface area contributed by atoms with Crippen LogP contribution in [-0.4, -0.2) is 17.0 Å². The maximum Gasteiger partial charge on any atom is 0.139 e. The lowest BCUT2D eigenvalue weighted by Crippen LogP contribution is -2.54. The van der Waals surface area contributed by atoms with Gasteiger partial charge in [-0.1, -0.05) is 13.8 Å². The summed E-state index contributed by atoms with van der Waals surface area (Å²) in [6.45, 7) is 4.78. The van der Waals surface area contributed by atoms with Crippen molar-refractivity contribution in [1.82, 2.24) is 0 Å². The molecule has 21 heavy (non-hydrogen) atoms. The summed E-state index contributed by atoms with van der Waals surface area (Å²) in [5, 5.41) is 10.0. The van der Waals surface area contributed by atoms with Gasteiger partial charge in [0.2, 0.25) is 0 Å². The van der Waals surface area contributed by atoms with E-state index in [4.69, 9.17) is 0 Å². The first kappa shape index (κ1) is 14.2. The number of carbonyl (C=O) groups excluding carboxylic acids is 1. The van der Waals surface area contributed by atoms with Crippen LogP contribution in [0.2, 0.25) is 0 Å². The zero-order valence-corrected chi connectivity index (χ0v) is 13.6. The third-order valence-electron chi connectivity index (χ3n) is 8.35. The molecule has 0 aliphatic heterocycles. The Balaban J connectivity index is 1.64. The Morgan fingerprint density at radius 1 is 1.00 bits per heavy atom. The third kappa shape index (κ3) is 1.84. The molecule has 4 aliphatic carbocycles. The summed E-state index contributed by atoms with van der Waals surface area (Å²) in [5.74, 6) is 3.54. The number of fused-ring (bicyclic) bond motifs is 5. The smallest absolute Gasteiger partial charge is 0.139 e. The number of carbonyl (C=O) groups is 1. The molecule has 2 heteroatoms. The van der Waals surface area contributed by atoms with Gasteiger partial charge in [0.25, 0.3) is 0 Å². The van der Waals surface area contributed by atoms with Crippen molar-refractivity contribution in [3.63, 3.8) is 0 Å². The quantitative estimate of drug-likeness (QED) is 0.733. The molecule has 1 N–H and O–H groups in total. The summed E-state index contributed by atoms with van der Waals surface area (Å²) >= 11 is 0. The van der Waals surface area contributed by atoms with Gasteiger partial charge >= 0.3 is 0 Å². The molecular formula is C19H30O2. The van der Waals surface area contributed by atoms with E-state index < -0.39 is 0 Å². The second kappa shape index (κ2) is 4.57. The highest BCUT2D eigenvalue weighted by Gasteiger charge is 2.60. The van der Waals surface area contributed by atoms with Gasteiger partial charge in [-0.15, -0.1) is 0 Å². The molecule has 118 valence electrons. The van der Waals surface area contributed by atoms with Crippen molar-refractivity contribution in [2.24, 2.45) is 34.5 Å². The summed E-state index contributed by atoms with van der Waals surface area (Å²) in [4.78, 5) is 12.4. The second-order valence-electron chi connectivity index (χ2n) is 9.00. The lowest BCUT2D eigenvalue weighted by molar-refractivity contribution is -0.142. The largest absolute Gasteiger partial charge is 0.393 e. The van der Waals surface area contributed by atoms with Crippen LogP contribution < -0.4 is 0 Å². The minimum atomic E-state index is -0.0541. The van der Waals surface area contributed by atoms with E-state index in [-0.39, 0.29) is 11.5 Å². The molecule has 7 atom stereocenters. The first-order valence-electron chi connectivity index (χ1n) is 9.16. The van der Waals surface area contributed by atoms with Crippen molar-refractivity contribution >= 4 is 5.78 Å². The molecule has 0 aromatic carbocycles. The molecule has 0 aromatic heterocycles. The first-order chi connectivity index (χ1) is 9.95. The number of Topliss-reactive ketones (excluding diaryl/α,β-unsaturated/α-hetero) is 1. The van der Waals surface area contributed by atoms with Gasteiger partial charge in [0.15, 0.2) is 0 Å². The van der Waals surface area contributed by atoms with E-state index in [1.165, 1.54) is 25.7 Å². The minimum Gasteiger partial charge on any atom is -0.393 e. The normalized spacial score (nSPS) is 56.5. The van der Waals surface area contributed by atoms with Gasteiger partial charge in [-0.05, 0) is 80.5 Å². The van der Waals surface area contributed by atoms with E-state index in [0.29, 0.717) is 17.1 Å². The molecule has 0 amide bonds. The van der Waals surface area contributed by atoms with Crippen molar-refractivity contribution in [3.05, 3.63) is 0 Å². The predicted octanol–water partition coefficient (Wildman–Crippen LogP) is 3.96. The summed E-state index contributed by atoms with van der Waals surface area (Å²) < 4.78 is 0. The van der Waals surface area contributed by atoms with E-state index in [9.17, 15) is 9.90 Å². The van der Waals surface area contributed by atoms with Crippen LogP contribution in [0.3, 0.4) is 0 Å². The van der Waals surface area contributed by atoms with Crippen molar-refractivity contribution in [2.45, 2.75) is 77.7 Å². The number of hydrogen-bond donors (Lipinski definition) is 1. The SMILES string of the molecule is C[C@@]12CC[C@@H](O)C[C@@H]1CC[C@H]1[C@H]3CCC(=O)[C@]3(C)CC[C@@H]12. The van der Waals surface area contributed by atoms with Gasteiger partial charge in [-0.25, -0.2) is 0 Å². The average Bonchev–Trinajstić information content (AvgIpc) is 2.76. The van der Waals surface area contributed by atoms with Crippen LogP contribution in [0.1, 0.15) is 71.6 Å². The standard InChI is InChI=1S/C19H30O2/c1-18-9-7-13(20)11-12(18)3-4-14-15-5-6-17(21)19(15,2)10-8-16(14)18/h12-16,20H,3-11H2,1-2H3/t12-,13+,14-,15+,16-,18+,19+/m0/s1. The Labute approximate surface area is 128 Å². The van der Waals surface area contributed by atoms with Gasteiger partial charge in [0.1, 0.15) is 5.78 Å². The lowest BCUT2D eigenvalue weighted by Gasteiger charge is -2.60. The van der Waals surface area contributed by atoms with Crippen LogP contribution >= 0.6 is 0 Å². The van der Waals surface area contributed by atoms with Crippen molar-refractivity contribution in [1.29, 1.82) is 0 Å². The van der Waals surface area contributed by atoms with Crippen LogP contribution in [0.4, 0.5) is 0 Å². The molecule has 0 aromatic rings. The zero-order chi connectivity index (χ0) is 14.8. The summed E-state index contributed by atoms with van der Waals surface area (Å²) in [5.41, 5.74) is 0.452. The molecule has 4 saturated carbocycles. The lowest BCUT2D eigenvalue weighted by atomic mass is 9.45. The Morgan fingerprint density at radius 3 is 2.62 bits per heavy atom. The maximum absolute atomic E-state index is 12.4. The van der Waals surface area contributed by atoms with E-state index in [0.717, 1.165) is 49.9 Å². The summed E-state index contributed by atoms with van der Waals surface area (Å²) in [6.07, 6.45) is 10.1. The number of ketones is 1. The first-order valence-corrected chi connectivity index (χ1v) is 9.16. The zero-order valence-electron chi connectivity index (χ0n) is 13.6. The minimum absolute atomic E-state index is 0.0124. The van der Waals surface area contributed by atoms with Gasteiger partial charge in [0.05, 0.1) is 6.10 Å². The van der Waals surface area contributed by atoms with Crippen molar-refractivity contribution < 1.29 is 9.90 Å². The third-order valence-corrected chi connectivity index (χ3v) is 8.35.